The second kappa shape index (κ2) is 8.47. The van der Waals surface area contributed by atoms with E-state index in [4.69, 9.17) is 0 Å². The number of hydrogen-bond donors (Lipinski definition) is 2. The molecule has 3 aromatic rings. The first-order chi connectivity index (χ1) is 13.4. The molecule has 0 spiro atoms. The Balaban J connectivity index is 1.54. The van der Waals surface area contributed by atoms with Crippen LogP contribution >= 0.6 is 0 Å². The molecule has 0 saturated carbocycles. The third-order valence-corrected chi connectivity index (χ3v) is 4.43. The molecule has 0 aliphatic rings. The summed E-state index contributed by atoms with van der Waals surface area (Å²) in [4.78, 5) is 28.3. The van der Waals surface area contributed by atoms with Crippen molar-refractivity contribution in [1.82, 2.24) is 20.1 Å². The summed E-state index contributed by atoms with van der Waals surface area (Å²) in [6.07, 6.45) is 2.86. The molecule has 1 aromatic heterocycles. The molecular formula is C21H23N5O2. The van der Waals surface area contributed by atoms with E-state index in [1.807, 2.05) is 63.2 Å². The standard InChI is InChI=1S/C21H23N5O2/c1-14-4-9-19(15(2)10-14)25-21(28)11-20(27)24-16(3)17-5-7-18(8-6-17)26-13-22-12-23-26/h4-10,12-13,16H,11H2,1-3H3,(H,24,27)(H,25,28)/t16-/m0/s1. The summed E-state index contributed by atoms with van der Waals surface area (Å²) in [5.41, 5.74) is 4.63. The zero-order valence-electron chi connectivity index (χ0n) is 16.1. The minimum atomic E-state index is -0.335. The van der Waals surface area contributed by atoms with Crippen LogP contribution in [-0.4, -0.2) is 26.6 Å². The summed E-state index contributed by atoms with van der Waals surface area (Å²) in [6, 6.07) is 13.2. The molecule has 2 N–H and O–H groups in total. The van der Waals surface area contributed by atoms with E-state index in [1.54, 1.807) is 11.0 Å². The van der Waals surface area contributed by atoms with Crippen molar-refractivity contribution in [2.75, 3.05) is 5.32 Å². The highest BCUT2D eigenvalue weighted by molar-refractivity contribution is 6.03. The molecule has 28 heavy (non-hydrogen) atoms. The minimum absolute atomic E-state index is 0.216. The lowest BCUT2D eigenvalue weighted by atomic mass is 10.1. The van der Waals surface area contributed by atoms with Gasteiger partial charge in [-0.2, -0.15) is 5.10 Å². The van der Waals surface area contributed by atoms with Gasteiger partial charge in [0, 0.05) is 5.69 Å². The number of carbonyl (C=O) groups is 2. The van der Waals surface area contributed by atoms with Crippen LogP contribution in [0.2, 0.25) is 0 Å². The summed E-state index contributed by atoms with van der Waals surface area (Å²) in [5.74, 6) is -0.659. The first-order valence-electron chi connectivity index (χ1n) is 9.04. The number of benzene rings is 2. The van der Waals surface area contributed by atoms with Crippen molar-refractivity contribution in [2.45, 2.75) is 33.2 Å². The SMILES string of the molecule is Cc1ccc(NC(=O)CC(=O)N[C@@H](C)c2ccc(-n3cncn3)cc2)c(C)c1. The fourth-order valence-electron chi connectivity index (χ4n) is 2.93. The van der Waals surface area contributed by atoms with E-state index in [1.165, 1.54) is 6.33 Å². The van der Waals surface area contributed by atoms with Gasteiger partial charge in [-0.25, -0.2) is 9.67 Å². The van der Waals surface area contributed by atoms with E-state index in [9.17, 15) is 9.59 Å². The molecule has 7 heteroatoms. The van der Waals surface area contributed by atoms with E-state index < -0.39 is 0 Å². The highest BCUT2D eigenvalue weighted by atomic mass is 16.2. The van der Waals surface area contributed by atoms with Gasteiger partial charge in [0.05, 0.1) is 11.7 Å². The van der Waals surface area contributed by atoms with Crippen LogP contribution in [0.15, 0.2) is 55.1 Å². The predicted molar refractivity (Wildman–Crippen MR) is 107 cm³/mol. The third kappa shape index (κ3) is 4.82. The summed E-state index contributed by atoms with van der Waals surface area (Å²) < 4.78 is 1.66. The fraction of sp³-hybridized carbons (Fsp3) is 0.238. The Morgan fingerprint density at radius 3 is 2.46 bits per heavy atom. The lowest BCUT2D eigenvalue weighted by Crippen LogP contribution is -2.30. The molecule has 2 amide bonds. The maximum atomic E-state index is 12.2. The van der Waals surface area contributed by atoms with Gasteiger partial charge in [0.15, 0.2) is 0 Å². The maximum absolute atomic E-state index is 12.2. The van der Waals surface area contributed by atoms with Crippen LogP contribution in [0.5, 0.6) is 0 Å². The molecule has 0 unspecified atom stereocenters. The van der Waals surface area contributed by atoms with Crippen molar-refractivity contribution in [3.8, 4) is 5.69 Å². The number of aromatic nitrogens is 3. The van der Waals surface area contributed by atoms with E-state index in [0.717, 1.165) is 28.1 Å². The Kier molecular flexibility index (Phi) is 5.84. The van der Waals surface area contributed by atoms with E-state index >= 15 is 0 Å². The summed E-state index contributed by atoms with van der Waals surface area (Å²) >= 11 is 0. The number of nitrogens with one attached hydrogen (secondary N) is 2. The van der Waals surface area contributed by atoms with E-state index in [-0.39, 0.29) is 24.3 Å². The average Bonchev–Trinajstić information content (AvgIpc) is 3.18. The van der Waals surface area contributed by atoms with Crippen molar-refractivity contribution in [1.29, 1.82) is 0 Å². The van der Waals surface area contributed by atoms with Crippen molar-refractivity contribution < 1.29 is 9.59 Å². The molecule has 0 bridgehead atoms. The molecular weight excluding hydrogens is 354 g/mol. The van der Waals surface area contributed by atoms with Crippen LogP contribution in [-0.2, 0) is 9.59 Å². The van der Waals surface area contributed by atoms with Crippen LogP contribution in [0.1, 0.15) is 36.1 Å². The Morgan fingerprint density at radius 2 is 1.82 bits per heavy atom. The summed E-state index contributed by atoms with van der Waals surface area (Å²) in [7, 11) is 0. The number of hydrogen-bond acceptors (Lipinski definition) is 4. The topological polar surface area (TPSA) is 88.9 Å². The number of aryl methyl sites for hydroxylation is 2. The lowest BCUT2D eigenvalue weighted by Gasteiger charge is -2.15. The van der Waals surface area contributed by atoms with Gasteiger partial charge in [-0.1, -0.05) is 29.8 Å². The van der Waals surface area contributed by atoms with Crippen LogP contribution in [0.4, 0.5) is 5.69 Å². The van der Waals surface area contributed by atoms with Gasteiger partial charge in [-0.15, -0.1) is 0 Å². The van der Waals surface area contributed by atoms with Crippen LogP contribution in [0.3, 0.4) is 0 Å². The predicted octanol–water partition coefficient (Wildman–Crippen LogP) is 3.09. The Bertz CT molecular complexity index is 965. The van der Waals surface area contributed by atoms with Gasteiger partial charge in [0.2, 0.25) is 11.8 Å². The zero-order valence-corrected chi connectivity index (χ0v) is 16.1. The molecule has 0 saturated heterocycles. The minimum Gasteiger partial charge on any atom is -0.349 e. The normalized spacial score (nSPS) is 11.7. The number of anilines is 1. The second-order valence-corrected chi connectivity index (χ2v) is 6.76. The van der Waals surface area contributed by atoms with Crippen molar-refractivity contribution >= 4 is 17.5 Å². The Labute approximate surface area is 163 Å². The fourth-order valence-corrected chi connectivity index (χ4v) is 2.93. The Hall–Kier alpha value is -3.48. The molecule has 7 nitrogen and oxygen atoms in total. The molecule has 0 aliphatic carbocycles. The third-order valence-electron chi connectivity index (χ3n) is 4.43. The van der Waals surface area contributed by atoms with Crippen LogP contribution in [0, 0.1) is 13.8 Å². The van der Waals surface area contributed by atoms with Crippen LogP contribution in [0.25, 0.3) is 5.69 Å². The summed E-state index contributed by atoms with van der Waals surface area (Å²) in [5, 5.41) is 9.72. The Morgan fingerprint density at radius 1 is 1.07 bits per heavy atom. The van der Waals surface area contributed by atoms with Gasteiger partial charge >= 0.3 is 0 Å². The first-order valence-corrected chi connectivity index (χ1v) is 9.04. The molecule has 2 aromatic carbocycles. The van der Waals surface area contributed by atoms with E-state index in [2.05, 4.69) is 20.7 Å². The largest absolute Gasteiger partial charge is 0.349 e. The van der Waals surface area contributed by atoms with Crippen molar-refractivity contribution in [2.24, 2.45) is 0 Å². The number of amides is 2. The zero-order chi connectivity index (χ0) is 20.1. The molecule has 1 atom stereocenters. The molecule has 0 fully saturated rings. The number of nitrogens with zero attached hydrogens (tertiary/aromatic N) is 3. The first kappa shape index (κ1) is 19.3. The maximum Gasteiger partial charge on any atom is 0.233 e. The molecule has 3 rings (SSSR count). The monoisotopic (exact) mass is 377 g/mol. The highest BCUT2D eigenvalue weighted by Gasteiger charge is 2.14. The van der Waals surface area contributed by atoms with Crippen molar-refractivity contribution in [3.05, 3.63) is 71.8 Å². The molecule has 0 aliphatic heterocycles. The van der Waals surface area contributed by atoms with Gasteiger partial charge in [0.25, 0.3) is 0 Å². The van der Waals surface area contributed by atoms with Gasteiger partial charge in [0.1, 0.15) is 19.1 Å². The lowest BCUT2D eigenvalue weighted by molar-refractivity contribution is -0.127. The van der Waals surface area contributed by atoms with Gasteiger partial charge in [-0.05, 0) is 50.1 Å². The molecule has 144 valence electrons. The highest BCUT2D eigenvalue weighted by Crippen LogP contribution is 2.17. The molecule has 1 heterocycles. The van der Waals surface area contributed by atoms with Crippen LogP contribution < -0.4 is 10.6 Å². The number of rotatable bonds is 6. The summed E-state index contributed by atoms with van der Waals surface area (Å²) in [6.45, 7) is 5.80. The van der Waals surface area contributed by atoms with Crippen molar-refractivity contribution in [3.63, 3.8) is 0 Å². The number of carbonyl (C=O) groups excluding carboxylic acids is 2. The van der Waals surface area contributed by atoms with E-state index in [0.29, 0.717) is 0 Å². The van der Waals surface area contributed by atoms with Gasteiger partial charge < -0.3 is 10.6 Å². The second-order valence-electron chi connectivity index (χ2n) is 6.76. The quantitative estimate of drug-likeness (QED) is 0.646. The smallest absolute Gasteiger partial charge is 0.233 e. The average molecular weight is 377 g/mol. The van der Waals surface area contributed by atoms with Gasteiger partial charge in [-0.3, -0.25) is 9.59 Å². The molecule has 0 radical (unpaired) electrons.